The predicted molar refractivity (Wildman–Crippen MR) is 64.9 cm³/mol. The van der Waals surface area contributed by atoms with E-state index in [0.29, 0.717) is 19.3 Å². The molecule has 94 valence electrons. The summed E-state index contributed by atoms with van der Waals surface area (Å²) in [5.74, 6) is -0.652. The van der Waals surface area contributed by atoms with E-state index in [9.17, 15) is 9.59 Å². The van der Waals surface area contributed by atoms with Gasteiger partial charge in [0.25, 0.3) is 0 Å². The molecule has 2 amide bonds. The Balaban J connectivity index is 2.05. The molecule has 5 nitrogen and oxygen atoms in total. The normalized spacial score (nSPS) is 27.8. The van der Waals surface area contributed by atoms with Gasteiger partial charge in [-0.3, -0.25) is 14.9 Å². The molecule has 0 bridgehead atoms. The van der Waals surface area contributed by atoms with E-state index in [1.165, 1.54) is 0 Å². The van der Waals surface area contributed by atoms with Gasteiger partial charge < -0.3 is 5.32 Å². The largest absolute Gasteiger partial charge is 0.377 e. The van der Waals surface area contributed by atoms with Crippen LogP contribution in [0.3, 0.4) is 0 Å². The van der Waals surface area contributed by atoms with Crippen LogP contribution in [0.15, 0.2) is 23.4 Å². The van der Waals surface area contributed by atoms with Crippen LogP contribution in [0.4, 0.5) is 0 Å². The average Bonchev–Trinajstić information content (AvgIpc) is 2.35. The van der Waals surface area contributed by atoms with Gasteiger partial charge in [0.1, 0.15) is 6.04 Å². The number of hydrogen-bond acceptors (Lipinski definition) is 4. The Morgan fingerprint density at radius 2 is 2.28 bits per heavy atom. The van der Waals surface area contributed by atoms with Crippen molar-refractivity contribution in [3.8, 4) is 6.07 Å². The minimum absolute atomic E-state index is 0.149. The second-order valence-corrected chi connectivity index (χ2v) is 4.61. The number of hydrogen-bond donors (Lipinski definition) is 2. The second-order valence-electron chi connectivity index (χ2n) is 4.61. The maximum atomic E-state index is 11.6. The van der Waals surface area contributed by atoms with Crippen LogP contribution in [0.25, 0.3) is 0 Å². The van der Waals surface area contributed by atoms with Crippen LogP contribution in [0, 0.1) is 17.2 Å². The number of nitrogens with zero attached hydrogens (tertiary/aromatic N) is 1. The van der Waals surface area contributed by atoms with Crippen LogP contribution in [-0.2, 0) is 9.59 Å². The molecule has 2 rings (SSSR count). The zero-order chi connectivity index (χ0) is 13.1. The van der Waals surface area contributed by atoms with Crippen molar-refractivity contribution in [1.29, 1.82) is 5.26 Å². The van der Waals surface area contributed by atoms with Crippen molar-refractivity contribution in [2.45, 2.75) is 32.2 Å². The predicted octanol–water partition coefficient (Wildman–Crippen LogP) is 0.755. The number of piperidine rings is 1. The lowest BCUT2D eigenvalue weighted by Crippen LogP contribution is -2.50. The molecule has 0 radical (unpaired) electrons. The first-order chi connectivity index (χ1) is 8.60. The van der Waals surface area contributed by atoms with E-state index in [-0.39, 0.29) is 23.8 Å². The van der Waals surface area contributed by atoms with E-state index in [0.717, 1.165) is 11.3 Å². The lowest BCUT2D eigenvalue weighted by Gasteiger charge is -2.26. The average molecular weight is 245 g/mol. The van der Waals surface area contributed by atoms with Gasteiger partial charge in [-0.15, -0.1) is 0 Å². The zero-order valence-corrected chi connectivity index (χ0v) is 10.2. The molecule has 2 unspecified atom stereocenters. The Kier molecular flexibility index (Phi) is 3.47. The number of nitriles is 1. The molecular formula is C13H15N3O2. The fraction of sp³-hybridized carbons (Fsp3) is 0.462. The molecule has 18 heavy (non-hydrogen) atoms. The van der Waals surface area contributed by atoms with Gasteiger partial charge in [-0.1, -0.05) is 12.2 Å². The molecule has 2 atom stereocenters. The second kappa shape index (κ2) is 5.05. The summed E-state index contributed by atoms with van der Waals surface area (Å²) in [6, 6.07) is 1.82. The van der Waals surface area contributed by atoms with Crippen molar-refractivity contribution in [1.82, 2.24) is 10.6 Å². The third-order valence-electron chi connectivity index (χ3n) is 3.23. The molecule has 0 aromatic rings. The first kappa shape index (κ1) is 12.4. The molecule has 0 spiro atoms. The van der Waals surface area contributed by atoms with E-state index < -0.39 is 0 Å². The van der Waals surface area contributed by atoms with Crippen LogP contribution in [0.2, 0.25) is 0 Å². The summed E-state index contributed by atoms with van der Waals surface area (Å²) in [6.45, 7) is 1.94. The van der Waals surface area contributed by atoms with Gasteiger partial charge in [-0.05, 0) is 18.9 Å². The molecule has 1 saturated heterocycles. The highest BCUT2D eigenvalue weighted by molar-refractivity contribution is 6.00. The molecule has 2 N–H and O–H groups in total. The van der Waals surface area contributed by atoms with Gasteiger partial charge in [0, 0.05) is 18.5 Å². The van der Waals surface area contributed by atoms with Crippen molar-refractivity contribution in [3.05, 3.63) is 23.4 Å². The standard InChI is InChI=1S/C13H15N3O2/c1-8-2-3-9(7-14)6-11(8)15-10-4-5-12(17)16-13(10)18/h2-3,9-10,15H,4-6H2,1H3,(H,16,17,18). The minimum Gasteiger partial charge on any atom is -0.377 e. The van der Waals surface area contributed by atoms with Crippen LogP contribution in [-0.4, -0.2) is 17.9 Å². The number of amides is 2. The Morgan fingerprint density at radius 1 is 1.50 bits per heavy atom. The van der Waals surface area contributed by atoms with Gasteiger partial charge >= 0.3 is 0 Å². The Labute approximate surface area is 106 Å². The van der Waals surface area contributed by atoms with E-state index >= 15 is 0 Å². The first-order valence-corrected chi connectivity index (χ1v) is 5.98. The fourth-order valence-electron chi connectivity index (χ4n) is 2.11. The quantitative estimate of drug-likeness (QED) is 0.703. The SMILES string of the molecule is CC1=C(NC2CCC(=O)NC2=O)CC(C#N)C=C1. The minimum atomic E-state index is -0.376. The van der Waals surface area contributed by atoms with Gasteiger partial charge in [-0.25, -0.2) is 0 Å². The number of rotatable bonds is 2. The van der Waals surface area contributed by atoms with Crippen LogP contribution >= 0.6 is 0 Å². The molecule has 0 saturated carbocycles. The summed E-state index contributed by atoms with van der Waals surface area (Å²) < 4.78 is 0. The molecule has 5 heteroatoms. The van der Waals surface area contributed by atoms with Crippen LogP contribution in [0.5, 0.6) is 0 Å². The molecule has 0 aromatic carbocycles. The monoisotopic (exact) mass is 245 g/mol. The summed E-state index contributed by atoms with van der Waals surface area (Å²) in [5, 5.41) is 14.4. The fourth-order valence-corrected chi connectivity index (χ4v) is 2.11. The van der Waals surface area contributed by atoms with E-state index in [2.05, 4.69) is 16.7 Å². The third kappa shape index (κ3) is 2.59. The van der Waals surface area contributed by atoms with Gasteiger partial charge in [0.05, 0.1) is 12.0 Å². The van der Waals surface area contributed by atoms with Crippen molar-refractivity contribution in [2.24, 2.45) is 5.92 Å². The van der Waals surface area contributed by atoms with E-state index in [4.69, 9.17) is 5.26 Å². The highest BCUT2D eigenvalue weighted by atomic mass is 16.2. The summed E-state index contributed by atoms with van der Waals surface area (Å²) >= 11 is 0. The molecule has 1 heterocycles. The van der Waals surface area contributed by atoms with Crippen molar-refractivity contribution < 1.29 is 9.59 Å². The number of allylic oxidation sites excluding steroid dienone is 4. The Hall–Kier alpha value is -2.09. The summed E-state index contributed by atoms with van der Waals surface area (Å²) in [6.07, 6.45) is 5.21. The number of carbonyl (C=O) groups excluding carboxylic acids is 2. The van der Waals surface area contributed by atoms with Gasteiger partial charge in [0.2, 0.25) is 11.8 Å². The lowest BCUT2D eigenvalue weighted by atomic mass is 9.94. The molecule has 1 aliphatic carbocycles. The van der Waals surface area contributed by atoms with Crippen LogP contribution in [0.1, 0.15) is 26.2 Å². The number of imide groups is 1. The van der Waals surface area contributed by atoms with Gasteiger partial charge in [-0.2, -0.15) is 5.26 Å². The summed E-state index contributed by atoms with van der Waals surface area (Å²) in [7, 11) is 0. The third-order valence-corrected chi connectivity index (χ3v) is 3.23. The number of nitrogens with one attached hydrogen (secondary N) is 2. The highest BCUT2D eigenvalue weighted by Gasteiger charge is 2.28. The lowest BCUT2D eigenvalue weighted by molar-refractivity contribution is -0.134. The first-order valence-electron chi connectivity index (χ1n) is 5.98. The molecule has 1 fully saturated rings. The maximum absolute atomic E-state index is 11.6. The smallest absolute Gasteiger partial charge is 0.249 e. The van der Waals surface area contributed by atoms with E-state index in [1.54, 1.807) is 0 Å². The molecule has 2 aliphatic rings. The van der Waals surface area contributed by atoms with Crippen molar-refractivity contribution in [3.63, 3.8) is 0 Å². The Morgan fingerprint density at radius 3 is 2.94 bits per heavy atom. The Bertz CT molecular complexity index is 485. The molecular weight excluding hydrogens is 230 g/mol. The molecule has 1 aliphatic heterocycles. The summed E-state index contributed by atoms with van der Waals surface area (Å²) in [5.41, 5.74) is 1.95. The van der Waals surface area contributed by atoms with Crippen LogP contribution < -0.4 is 10.6 Å². The highest BCUT2D eigenvalue weighted by Crippen LogP contribution is 2.22. The van der Waals surface area contributed by atoms with E-state index in [1.807, 2.05) is 19.1 Å². The van der Waals surface area contributed by atoms with Crippen molar-refractivity contribution >= 4 is 11.8 Å². The van der Waals surface area contributed by atoms with Gasteiger partial charge in [0.15, 0.2) is 0 Å². The molecule has 0 aromatic heterocycles. The summed E-state index contributed by atoms with van der Waals surface area (Å²) in [4.78, 5) is 22.7. The van der Waals surface area contributed by atoms with Crippen molar-refractivity contribution in [2.75, 3.05) is 0 Å². The zero-order valence-electron chi connectivity index (χ0n) is 10.2. The maximum Gasteiger partial charge on any atom is 0.249 e. The topological polar surface area (TPSA) is 82.0 Å². The number of carbonyl (C=O) groups is 2.